The topological polar surface area (TPSA) is 108 Å². The van der Waals surface area contributed by atoms with Gasteiger partial charge in [-0.1, -0.05) is 0 Å². The predicted molar refractivity (Wildman–Crippen MR) is 78.1 cm³/mol. The zero-order valence-electron chi connectivity index (χ0n) is 12.7. The van der Waals surface area contributed by atoms with E-state index in [0.29, 0.717) is 12.2 Å². The minimum absolute atomic E-state index is 0.0549. The molecule has 9 nitrogen and oxygen atoms in total. The molecule has 0 aliphatic heterocycles. The van der Waals surface area contributed by atoms with Crippen LogP contribution in [0.4, 0.5) is 5.82 Å². The zero-order chi connectivity index (χ0) is 16.3. The molecule has 22 heavy (non-hydrogen) atoms. The molecule has 2 aromatic heterocycles. The van der Waals surface area contributed by atoms with Crippen molar-refractivity contribution in [2.75, 3.05) is 0 Å². The number of nitro groups is 1. The van der Waals surface area contributed by atoms with Crippen molar-refractivity contribution in [2.45, 2.75) is 40.4 Å². The number of hydrogen-bond acceptors (Lipinski definition) is 5. The van der Waals surface area contributed by atoms with E-state index in [-0.39, 0.29) is 18.3 Å². The highest BCUT2D eigenvalue weighted by Gasteiger charge is 2.17. The van der Waals surface area contributed by atoms with E-state index in [0.717, 1.165) is 17.8 Å². The van der Waals surface area contributed by atoms with Crippen molar-refractivity contribution in [1.29, 1.82) is 0 Å². The maximum Gasteiger partial charge on any atom is 0.390 e. The van der Waals surface area contributed by atoms with Crippen molar-refractivity contribution in [3.05, 3.63) is 39.3 Å². The lowest BCUT2D eigenvalue weighted by Gasteiger charge is -2.03. The van der Waals surface area contributed by atoms with Gasteiger partial charge in [-0.05, 0) is 25.7 Å². The first-order valence-corrected chi connectivity index (χ1v) is 6.89. The van der Waals surface area contributed by atoms with Crippen LogP contribution in [-0.4, -0.2) is 30.4 Å². The van der Waals surface area contributed by atoms with E-state index in [1.54, 1.807) is 11.6 Å². The Morgan fingerprint density at radius 3 is 2.68 bits per heavy atom. The Hall–Kier alpha value is -2.71. The van der Waals surface area contributed by atoms with Crippen molar-refractivity contribution in [2.24, 2.45) is 0 Å². The van der Waals surface area contributed by atoms with Crippen LogP contribution in [0.15, 0.2) is 12.3 Å². The Labute approximate surface area is 127 Å². The smallest absolute Gasteiger partial charge is 0.358 e. The summed E-state index contributed by atoms with van der Waals surface area (Å²) in [5.41, 5.74) is 2.38. The Morgan fingerprint density at radius 1 is 1.41 bits per heavy atom. The van der Waals surface area contributed by atoms with Crippen LogP contribution in [0.1, 0.15) is 23.9 Å². The zero-order valence-corrected chi connectivity index (χ0v) is 12.7. The molecule has 1 N–H and O–H groups in total. The molecule has 118 valence electrons. The number of carbonyl (C=O) groups is 1. The molecule has 2 heterocycles. The number of carbonyl (C=O) groups excluding carboxylic acids is 1. The summed E-state index contributed by atoms with van der Waals surface area (Å²) in [6.45, 7) is 6.62. The highest BCUT2D eigenvalue weighted by Crippen LogP contribution is 2.10. The van der Waals surface area contributed by atoms with E-state index in [4.69, 9.17) is 0 Å². The molecule has 0 radical (unpaired) electrons. The summed E-state index contributed by atoms with van der Waals surface area (Å²) in [6.07, 6.45) is 1.89. The van der Waals surface area contributed by atoms with Gasteiger partial charge in [-0.25, -0.2) is 0 Å². The van der Waals surface area contributed by atoms with Crippen molar-refractivity contribution < 1.29 is 9.72 Å². The maximum absolute atomic E-state index is 11.9. The number of nitrogens with zero attached hydrogens (tertiary/aromatic N) is 5. The van der Waals surface area contributed by atoms with Gasteiger partial charge in [-0.15, -0.1) is 0 Å². The van der Waals surface area contributed by atoms with Crippen molar-refractivity contribution in [3.63, 3.8) is 0 Å². The fourth-order valence-electron chi connectivity index (χ4n) is 2.02. The predicted octanol–water partition coefficient (Wildman–Crippen LogP) is 0.941. The standard InChI is InChI=1S/C13H18N6O3/c1-4-17-7-11(10(3)15-17)6-14-13(20)8-18-9(2)5-12(16-18)19(21)22/h5,7H,4,6,8H2,1-3H3,(H,14,20). The van der Waals surface area contributed by atoms with Crippen LogP contribution in [0.5, 0.6) is 0 Å². The fraction of sp³-hybridized carbons (Fsp3) is 0.462. The quantitative estimate of drug-likeness (QED) is 0.631. The fourth-order valence-corrected chi connectivity index (χ4v) is 2.02. The average molecular weight is 306 g/mol. The number of rotatable bonds is 6. The molecule has 0 fully saturated rings. The second-order valence-corrected chi connectivity index (χ2v) is 4.93. The Morgan fingerprint density at radius 2 is 2.14 bits per heavy atom. The SMILES string of the molecule is CCn1cc(CNC(=O)Cn2nc([N+](=O)[O-])cc2C)c(C)n1. The number of hydrogen-bond donors (Lipinski definition) is 1. The van der Waals surface area contributed by atoms with Crippen LogP contribution in [0.2, 0.25) is 0 Å². The van der Waals surface area contributed by atoms with Gasteiger partial charge in [-0.2, -0.15) is 9.78 Å². The molecular weight excluding hydrogens is 288 g/mol. The number of aryl methyl sites for hydroxylation is 3. The summed E-state index contributed by atoms with van der Waals surface area (Å²) in [6, 6.07) is 1.34. The summed E-state index contributed by atoms with van der Waals surface area (Å²) in [5.74, 6) is -0.518. The van der Waals surface area contributed by atoms with Crippen LogP contribution >= 0.6 is 0 Å². The number of aromatic nitrogens is 4. The van der Waals surface area contributed by atoms with E-state index in [2.05, 4.69) is 15.5 Å². The number of nitrogens with one attached hydrogen (secondary N) is 1. The maximum atomic E-state index is 11.9. The molecule has 0 atom stereocenters. The highest BCUT2D eigenvalue weighted by atomic mass is 16.6. The van der Waals surface area contributed by atoms with Gasteiger partial charge in [0.1, 0.15) is 6.54 Å². The normalized spacial score (nSPS) is 10.7. The molecule has 0 spiro atoms. The molecule has 2 aromatic rings. The van der Waals surface area contributed by atoms with E-state index in [1.165, 1.54) is 10.7 Å². The van der Waals surface area contributed by atoms with Gasteiger partial charge in [0, 0.05) is 24.8 Å². The number of amides is 1. The third-order valence-corrected chi connectivity index (χ3v) is 3.30. The first-order chi connectivity index (χ1) is 10.4. The van der Waals surface area contributed by atoms with Gasteiger partial charge < -0.3 is 15.4 Å². The van der Waals surface area contributed by atoms with Crippen molar-refractivity contribution >= 4 is 11.7 Å². The van der Waals surface area contributed by atoms with Gasteiger partial charge in [0.2, 0.25) is 5.91 Å². The Kier molecular flexibility index (Phi) is 4.54. The summed E-state index contributed by atoms with van der Waals surface area (Å²) in [5, 5.41) is 21.5. The van der Waals surface area contributed by atoms with Gasteiger partial charge >= 0.3 is 5.82 Å². The summed E-state index contributed by atoms with van der Waals surface area (Å²) in [4.78, 5) is 22.0. The minimum atomic E-state index is -0.579. The second-order valence-electron chi connectivity index (χ2n) is 4.93. The van der Waals surface area contributed by atoms with E-state index in [1.807, 2.05) is 20.0 Å². The highest BCUT2D eigenvalue weighted by molar-refractivity contribution is 5.75. The lowest BCUT2D eigenvalue weighted by molar-refractivity contribution is -0.389. The molecule has 0 saturated heterocycles. The molecule has 0 aromatic carbocycles. The molecule has 0 aliphatic carbocycles. The molecule has 0 unspecified atom stereocenters. The van der Waals surface area contributed by atoms with Crippen LogP contribution in [0.25, 0.3) is 0 Å². The summed E-state index contributed by atoms with van der Waals surface area (Å²) in [7, 11) is 0. The first kappa shape index (κ1) is 15.7. The Balaban J connectivity index is 1.95. The second kappa shape index (κ2) is 6.37. The lowest BCUT2D eigenvalue weighted by Crippen LogP contribution is -2.28. The molecule has 9 heteroatoms. The van der Waals surface area contributed by atoms with Crippen LogP contribution in [-0.2, 0) is 24.4 Å². The van der Waals surface area contributed by atoms with E-state index >= 15 is 0 Å². The van der Waals surface area contributed by atoms with E-state index < -0.39 is 4.92 Å². The summed E-state index contributed by atoms with van der Waals surface area (Å²) >= 11 is 0. The van der Waals surface area contributed by atoms with Crippen molar-refractivity contribution in [1.82, 2.24) is 24.9 Å². The summed E-state index contributed by atoms with van der Waals surface area (Å²) < 4.78 is 3.12. The molecule has 0 bridgehead atoms. The molecule has 0 saturated carbocycles. The molecule has 2 rings (SSSR count). The third kappa shape index (κ3) is 3.48. The molecule has 1 amide bonds. The van der Waals surface area contributed by atoms with Crippen LogP contribution in [0, 0.1) is 24.0 Å². The molecule has 0 aliphatic rings. The molecular formula is C13H18N6O3. The Bertz CT molecular complexity index is 703. The first-order valence-electron chi connectivity index (χ1n) is 6.89. The third-order valence-electron chi connectivity index (χ3n) is 3.30. The van der Waals surface area contributed by atoms with Gasteiger partial charge in [0.05, 0.1) is 22.6 Å². The van der Waals surface area contributed by atoms with Crippen LogP contribution < -0.4 is 5.32 Å². The van der Waals surface area contributed by atoms with Crippen LogP contribution in [0.3, 0.4) is 0 Å². The van der Waals surface area contributed by atoms with Gasteiger partial charge in [0.25, 0.3) is 0 Å². The van der Waals surface area contributed by atoms with Crippen molar-refractivity contribution in [3.8, 4) is 0 Å². The minimum Gasteiger partial charge on any atom is -0.358 e. The van der Waals surface area contributed by atoms with Gasteiger partial charge in [0.15, 0.2) is 0 Å². The van der Waals surface area contributed by atoms with E-state index in [9.17, 15) is 14.9 Å². The lowest BCUT2D eigenvalue weighted by atomic mass is 10.2. The van der Waals surface area contributed by atoms with Gasteiger partial charge in [-0.3, -0.25) is 9.48 Å². The monoisotopic (exact) mass is 306 g/mol. The average Bonchev–Trinajstić information content (AvgIpc) is 3.00. The largest absolute Gasteiger partial charge is 0.390 e.